The molecule has 1 N–H and O–H groups in total. The first-order chi connectivity index (χ1) is 5.74. The van der Waals surface area contributed by atoms with Crippen molar-refractivity contribution in [2.45, 2.75) is 0 Å². The zero-order valence-electron chi connectivity index (χ0n) is 7.04. The van der Waals surface area contributed by atoms with Crippen LogP contribution in [0.4, 0.5) is 4.39 Å². The van der Waals surface area contributed by atoms with E-state index in [0.717, 1.165) is 12.1 Å². The van der Waals surface area contributed by atoms with Crippen molar-refractivity contribution in [1.82, 2.24) is 5.32 Å². The minimum atomic E-state index is -0.530. The summed E-state index contributed by atoms with van der Waals surface area (Å²) in [4.78, 5) is 10.9. The Kier molecular flexibility index (Phi) is 6.12. The number of hydrogen-bond donors (Lipinski definition) is 1. The molecule has 3 nitrogen and oxygen atoms in total. The molecule has 1 amide bonds. The van der Waals surface area contributed by atoms with E-state index in [1.54, 1.807) is 0 Å². The van der Waals surface area contributed by atoms with Crippen LogP contribution in [0.3, 0.4) is 0 Å². The Balaban J connectivity index is 0.00000144. The van der Waals surface area contributed by atoms with Crippen LogP contribution in [0.15, 0.2) is 24.3 Å². The summed E-state index contributed by atoms with van der Waals surface area (Å²) in [6.45, 7) is 0. The average Bonchev–Trinajstić information content (AvgIpc) is 2.06. The molecule has 0 saturated carbocycles. The normalized spacial score (nSPS) is 8.00. The zero-order chi connectivity index (χ0) is 8.97. The molecule has 1 aromatic carbocycles. The summed E-state index contributed by atoms with van der Waals surface area (Å²) in [7, 11) is 0. The minimum Gasteiger partial charge on any atom is -0.268 e. The quantitative estimate of drug-likeness (QED) is 0.414. The Morgan fingerprint density at radius 2 is 1.92 bits per heavy atom. The van der Waals surface area contributed by atoms with Crippen LogP contribution in [-0.4, -0.2) is 57.3 Å². The van der Waals surface area contributed by atoms with Crippen LogP contribution < -0.4 is 5.32 Å². The molecule has 0 fully saturated rings. The van der Waals surface area contributed by atoms with Gasteiger partial charge in [0, 0.05) is 56.9 Å². The van der Waals surface area contributed by atoms with Gasteiger partial charge in [0.25, 0.3) is 5.91 Å². The monoisotopic (exact) mass is 203 g/mol. The first-order valence-electron chi connectivity index (χ1n) is 3.19. The number of benzene rings is 1. The molecule has 1 radical (unpaired) electrons. The first kappa shape index (κ1) is 12.7. The molecule has 0 aromatic heterocycles. The van der Waals surface area contributed by atoms with Gasteiger partial charge in [-0.05, 0) is 24.3 Å². The predicted octanol–water partition coefficient (Wildman–Crippen LogP) is 0.656. The Labute approximate surface area is 117 Å². The molecule has 0 aliphatic carbocycles. The molecule has 0 aliphatic heterocycles. The molecule has 0 spiro atoms. The maximum Gasteiger partial charge on any atom is 0.264 e. The van der Waals surface area contributed by atoms with Crippen LogP contribution in [0.5, 0.6) is 0 Å². The van der Waals surface area contributed by atoms with Gasteiger partial charge in [0.15, 0.2) is 6.19 Å². The molecular weight excluding hydrogens is 198 g/mol. The van der Waals surface area contributed by atoms with Gasteiger partial charge in [-0.2, -0.15) is 5.26 Å². The van der Waals surface area contributed by atoms with E-state index in [1.807, 2.05) is 5.32 Å². The molecule has 0 bridgehead atoms. The Morgan fingerprint density at radius 3 is 2.38 bits per heavy atom. The summed E-state index contributed by atoms with van der Waals surface area (Å²) in [6.07, 6.45) is 1.49. The number of carbonyl (C=O) groups is 1. The van der Waals surface area contributed by atoms with Crippen LogP contribution >= 0.6 is 0 Å². The number of halogens is 1. The molecule has 0 heterocycles. The Morgan fingerprint density at radius 1 is 1.38 bits per heavy atom. The van der Waals surface area contributed by atoms with Crippen LogP contribution in [0, 0.1) is 17.3 Å². The van der Waals surface area contributed by atoms with Crippen molar-refractivity contribution < 1.29 is 9.18 Å². The molecule has 5 heteroatoms. The third kappa shape index (κ3) is 3.98. The van der Waals surface area contributed by atoms with E-state index in [4.69, 9.17) is 5.26 Å². The maximum absolute atomic E-state index is 12.3. The zero-order valence-corrected chi connectivity index (χ0v) is 10.2. The second-order valence-corrected chi connectivity index (χ2v) is 2.07. The minimum absolute atomic E-state index is 0. The fraction of sp³-hybridized carbons (Fsp3) is 0. The SMILES string of the molecule is N#CNC(=O)c1ccc(F)cc1.[K]. The van der Waals surface area contributed by atoms with Crippen molar-refractivity contribution in [3.05, 3.63) is 35.6 Å². The van der Waals surface area contributed by atoms with Gasteiger partial charge in [0.05, 0.1) is 0 Å². The van der Waals surface area contributed by atoms with Gasteiger partial charge in [0.2, 0.25) is 0 Å². The van der Waals surface area contributed by atoms with Crippen molar-refractivity contribution in [1.29, 1.82) is 5.26 Å². The number of hydrogen-bond acceptors (Lipinski definition) is 2. The smallest absolute Gasteiger partial charge is 0.264 e. The van der Waals surface area contributed by atoms with Gasteiger partial charge >= 0.3 is 0 Å². The van der Waals surface area contributed by atoms with Crippen LogP contribution in [-0.2, 0) is 0 Å². The Bertz CT molecular complexity index is 331. The van der Waals surface area contributed by atoms with Crippen LogP contribution in [0.1, 0.15) is 10.4 Å². The number of nitriles is 1. The van der Waals surface area contributed by atoms with Gasteiger partial charge in [-0.3, -0.25) is 10.1 Å². The molecule has 61 valence electrons. The fourth-order valence-corrected chi connectivity index (χ4v) is 0.724. The maximum atomic E-state index is 12.3. The van der Waals surface area contributed by atoms with Gasteiger partial charge in [-0.25, -0.2) is 4.39 Å². The molecule has 1 aromatic rings. The number of amides is 1. The summed E-state index contributed by atoms with van der Waals surface area (Å²) in [5.74, 6) is -0.944. The number of nitrogens with one attached hydrogen (secondary N) is 1. The van der Waals surface area contributed by atoms with E-state index in [-0.39, 0.29) is 56.9 Å². The van der Waals surface area contributed by atoms with Crippen molar-refractivity contribution in [3.63, 3.8) is 0 Å². The van der Waals surface area contributed by atoms with Crippen LogP contribution in [0.2, 0.25) is 0 Å². The number of nitrogens with zero attached hydrogens (tertiary/aromatic N) is 1. The second-order valence-electron chi connectivity index (χ2n) is 2.07. The van der Waals surface area contributed by atoms with Gasteiger partial charge in [-0.15, -0.1) is 0 Å². The fourth-order valence-electron chi connectivity index (χ4n) is 0.724. The molecule has 0 aliphatic rings. The molecule has 13 heavy (non-hydrogen) atoms. The molecule has 1 rings (SSSR count). The third-order valence-corrected chi connectivity index (χ3v) is 1.28. The molecule has 0 saturated heterocycles. The molecule has 0 atom stereocenters. The summed E-state index contributed by atoms with van der Waals surface area (Å²) in [6, 6.07) is 4.93. The van der Waals surface area contributed by atoms with Gasteiger partial charge < -0.3 is 0 Å². The van der Waals surface area contributed by atoms with E-state index < -0.39 is 11.7 Å². The number of carbonyl (C=O) groups excluding carboxylic acids is 1. The van der Waals surface area contributed by atoms with E-state index >= 15 is 0 Å². The van der Waals surface area contributed by atoms with E-state index in [0.29, 0.717) is 0 Å². The predicted molar refractivity (Wildman–Crippen MR) is 45.2 cm³/mol. The summed E-state index contributed by atoms with van der Waals surface area (Å²) >= 11 is 0. The van der Waals surface area contributed by atoms with Crippen molar-refractivity contribution in [2.75, 3.05) is 0 Å². The van der Waals surface area contributed by atoms with Crippen LogP contribution in [0.25, 0.3) is 0 Å². The topological polar surface area (TPSA) is 52.9 Å². The standard InChI is InChI=1S/C8H5FN2O.K/c9-7-3-1-6(2-4-7)8(12)11-5-10;/h1-4H,(H,11,12);. The third-order valence-electron chi connectivity index (χ3n) is 1.28. The largest absolute Gasteiger partial charge is 0.268 e. The number of rotatable bonds is 1. The van der Waals surface area contributed by atoms with Gasteiger partial charge in [-0.1, -0.05) is 0 Å². The van der Waals surface area contributed by atoms with Crippen molar-refractivity contribution >= 4 is 57.3 Å². The molecule has 0 unspecified atom stereocenters. The average molecular weight is 203 g/mol. The van der Waals surface area contributed by atoms with Gasteiger partial charge in [0.1, 0.15) is 5.82 Å². The molecular formula is C8H5FKN2O. The Hall–Kier alpha value is -0.254. The van der Waals surface area contributed by atoms with Crippen molar-refractivity contribution in [2.24, 2.45) is 0 Å². The first-order valence-corrected chi connectivity index (χ1v) is 3.19. The summed E-state index contributed by atoms with van der Waals surface area (Å²) in [5, 5.41) is 10.0. The van der Waals surface area contributed by atoms with E-state index in [2.05, 4.69) is 0 Å². The summed E-state index contributed by atoms with van der Waals surface area (Å²) < 4.78 is 12.3. The van der Waals surface area contributed by atoms with E-state index in [9.17, 15) is 9.18 Å². The second kappa shape index (κ2) is 6.24. The summed E-state index contributed by atoms with van der Waals surface area (Å²) in [5.41, 5.74) is 0.262. The van der Waals surface area contributed by atoms with E-state index in [1.165, 1.54) is 18.3 Å². The van der Waals surface area contributed by atoms with Crippen molar-refractivity contribution in [3.8, 4) is 6.19 Å².